The SMILES string of the molecule is CC[C@H]1CC[C@H]2[C@@H]3CCC4CCCC[C@]4(C)[C@H]3CC(=O)[C@]12C. The van der Waals surface area contributed by atoms with Crippen molar-refractivity contribution >= 4 is 5.78 Å². The quantitative estimate of drug-likeness (QED) is 0.614. The maximum Gasteiger partial charge on any atom is 0.139 e. The van der Waals surface area contributed by atoms with E-state index in [1.165, 1.54) is 57.8 Å². The summed E-state index contributed by atoms with van der Waals surface area (Å²) in [6.45, 7) is 7.22. The van der Waals surface area contributed by atoms with Crippen LogP contribution in [0.1, 0.15) is 85.0 Å². The molecule has 0 aromatic rings. The van der Waals surface area contributed by atoms with E-state index in [1.54, 1.807) is 0 Å². The topological polar surface area (TPSA) is 17.1 Å². The molecule has 4 aliphatic rings. The first kappa shape index (κ1) is 15.2. The van der Waals surface area contributed by atoms with Gasteiger partial charge in [0.1, 0.15) is 5.78 Å². The molecule has 0 amide bonds. The van der Waals surface area contributed by atoms with Crippen molar-refractivity contribution in [3.63, 3.8) is 0 Å². The number of hydrogen-bond acceptors (Lipinski definition) is 1. The zero-order valence-corrected chi connectivity index (χ0v) is 14.9. The summed E-state index contributed by atoms with van der Waals surface area (Å²) in [6, 6.07) is 0. The van der Waals surface area contributed by atoms with Gasteiger partial charge in [0, 0.05) is 11.8 Å². The number of hydrogen-bond donors (Lipinski definition) is 0. The van der Waals surface area contributed by atoms with E-state index in [0.29, 0.717) is 29.0 Å². The van der Waals surface area contributed by atoms with Crippen LogP contribution in [0.3, 0.4) is 0 Å². The highest BCUT2D eigenvalue weighted by molar-refractivity contribution is 5.87. The number of fused-ring (bicyclic) bond motifs is 5. The lowest BCUT2D eigenvalue weighted by Gasteiger charge is -2.59. The van der Waals surface area contributed by atoms with Crippen molar-refractivity contribution in [3.8, 4) is 0 Å². The molecule has 0 bridgehead atoms. The van der Waals surface area contributed by atoms with Gasteiger partial charge in [-0.2, -0.15) is 0 Å². The second kappa shape index (κ2) is 5.08. The molecule has 0 aromatic carbocycles. The van der Waals surface area contributed by atoms with Crippen LogP contribution >= 0.6 is 0 Å². The highest BCUT2D eigenvalue weighted by atomic mass is 16.1. The summed E-state index contributed by atoms with van der Waals surface area (Å²) in [4.78, 5) is 13.2. The van der Waals surface area contributed by atoms with Gasteiger partial charge in [-0.25, -0.2) is 0 Å². The van der Waals surface area contributed by atoms with Gasteiger partial charge in [-0.3, -0.25) is 4.79 Å². The molecule has 7 atom stereocenters. The average Bonchev–Trinajstić information content (AvgIpc) is 2.86. The molecule has 4 rings (SSSR count). The minimum atomic E-state index is 0.0355. The fraction of sp³-hybridized carbons (Fsp3) is 0.952. The van der Waals surface area contributed by atoms with E-state index >= 15 is 0 Å². The van der Waals surface area contributed by atoms with Gasteiger partial charge >= 0.3 is 0 Å². The average molecular weight is 303 g/mol. The molecule has 4 saturated carbocycles. The molecule has 22 heavy (non-hydrogen) atoms. The lowest BCUT2D eigenvalue weighted by molar-refractivity contribution is -0.155. The Morgan fingerprint density at radius 1 is 1.00 bits per heavy atom. The molecule has 1 unspecified atom stereocenters. The van der Waals surface area contributed by atoms with Crippen molar-refractivity contribution in [2.24, 2.45) is 40.4 Å². The van der Waals surface area contributed by atoms with Gasteiger partial charge in [-0.1, -0.05) is 40.0 Å². The normalized spacial score (nSPS) is 54.5. The molecule has 0 aliphatic heterocycles. The van der Waals surface area contributed by atoms with Crippen molar-refractivity contribution in [2.45, 2.75) is 85.0 Å². The van der Waals surface area contributed by atoms with Crippen LogP contribution in [-0.2, 0) is 4.79 Å². The van der Waals surface area contributed by atoms with Crippen molar-refractivity contribution in [2.75, 3.05) is 0 Å². The molecule has 0 radical (unpaired) electrons. The Labute approximate surface area is 136 Å². The van der Waals surface area contributed by atoms with Gasteiger partial charge in [0.2, 0.25) is 0 Å². The Balaban J connectivity index is 1.69. The maximum atomic E-state index is 13.2. The third kappa shape index (κ3) is 1.80. The van der Waals surface area contributed by atoms with Gasteiger partial charge < -0.3 is 0 Å². The van der Waals surface area contributed by atoms with E-state index in [0.717, 1.165) is 18.3 Å². The van der Waals surface area contributed by atoms with Crippen molar-refractivity contribution in [3.05, 3.63) is 0 Å². The van der Waals surface area contributed by atoms with E-state index in [1.807, 2.05) is 0 Å². The number of rotatable bonds is 1. The standard InChI is InChI=1S/C21H34O/c1-4-14-9-11-17-16-10-8-15-7-5-6-12-20(15,2)18(16)13-19(22)21(14,17)3/h14-18H,4-13H2,1-3H3/t14-,15?,16-,17-,18-,20-,21+/m0/s1. The summed E-state index contributed by atoms with van der Waals surface area (Å²) < 4.78 is 0. The third-order valence-corrected chi connectivity index (χ3v) is 9.12. The summed E-state index contributed by atoms with van der Waals surface area (Å²) in [5, 5.41) is 0. The molecule has 0 heterocycles. The van der Waals surface area contributed by atoms with Crippen LogP contribution in [0.4, 0.5) is 0 Å². The first-order valence-corrected chi connectivity index (χ1v) is 10.0. The van der Waals surface area contributed by atoms with E-state index < -0.39 is 0 Å². The molecule has 1 heteroatoms. The molecule has 4 fully saturated rings. The molecule has 0 N–H and O–H groups in total. The molecular weight excluding hydrogens is 268 g/mol. The smallest absolute Gasteiger partial charge is 0.139 e. The minimum Gasteiger partial charge on any atom is -0.299 e. The Morgan fingerprint density at radius 2 is 1.82 bits per heavy atom. The summed E-state index contributed by atoms with van der Waals surface area (Å²) in [5.41, 5.74) is 0.524. The van der Waals surface area contributed by atoms with Crippen molar-refractivity contribution in [1.29, 1.82) is 0 Å². The van der Waals surface area contributed by atoms with Crippen molar-refractivity contribution in [1.82, 2.24) is 0 Å². The molecule has 1 nitrogen and oxygen atoms in total. The zero-order chi connectivity index (χ0) is 15.5. The highest BCUT2D eigenvalue weighted by Crippen LogP contribution is 2.66. The van der Waals surface area contributed by atoms with Gasteiger partial charge in [-0.05, 0) is 73.5 Å². The van der Waals surface area contributed by atoms with Crippen LogP contribution < -0.4 is 0 Å². The fourth-order valence-electron chi connectivity index (χ4n) is 7.77. The van der Waals surface area contributed by atoms with Crippen LogP contribution in [0.15, 0.2) is 0 Å². The highest BCUT2D eigenvalue weighted by Gasteiger charge is 2.62. The fourth-order valence-corrected chi connectivity index (χ4v) is 7.77. The predicted molar refractivity (Wildman–Crippen MR) is 90.5 cm³/mol. The largest absolute Gasteiger partial charge is 0.299 e. The predicted octanol–water partition coefficient (Wildman–Crippen LogP) is 5.62. The minimum absolute atomic E-state index is 0.0355. The summed E-state index contributed by atoms with van der Waals surface area (Å²) in [7, 11) is 0. The number of Topliss-reactive ketones (excluding diaryl/α,β-unsaturated/α-hetero) is 1. The summed E-state index contributed by atoms with van der Waals surface area (Å²) in [6.07, 6.45) is 13.3. The van der Waals surface area contributed by atoms with Crippen LogP contribution in [0.25, 0.3) is 0 Å². The van der Waals surface area contributed by atoms with Gasteiger partial charge in [0.25, 0.3) is 0 Å². The zero-order valence-electron chi connectivity index (χ0n) is 14.9. The molecule has 0 saturated heterocycles. The second-order valence-electron chi connectivity index (χ2n) is 9.50. The van der Waals surface area contributed by atoms with Crippen LogP contribution in [-0.4, -0.2) is 5.78 Å². The molecule has 4 aliphatic carbocycles. The van der Waals surface area contributed by atoms with Crippen LogP contribution in [0.2, 0.25) is 0 Å². The lowest BCUT2D eigenvalue weighted by Crippen LogP contribution is -2.56. The molecule has 124 valence electrons. The van der Waals surface area contributed by atoms with Crippen LogP contribution in [0.5, 0.6) is 0 Å². The summed E-state index contributed by atoms with van der Waals surface area (Å²) in [5.74, 6) is 4.52. The Kier molecular flexibility index (Phi) is 3.51. The number of carbonyl (C=O) groups excluding carboxylic acids is 1. The first-order chi connectivity index (χ1) is 10.5. The molecule has 0 spiro atoms. The Hall–Kier alpha value is -0.330. The number of carbonyl (C=O) groups is 1. The Bertz CT molecular complexity index is 469. The van der Waals surface area contributed by atoms with Gasteiger partial charge in [-0.15, -0.1) is 0 Å². The van der Waals surface area contributed by atoms with Gasteiger partial charge in [0.15, 0.2) is 0 Å². The first-order valence-electron chi connectivity index (χ1n) is 10.0. The molecular formula is C21H34O. The third-order valence-electron chi connectivity index (χ3n) is 9.12. The van der Waals surface area contributed by atoms with Crippen LogP contribution in [0, 0.1) is 40.4 Å². The Morgan fingerprint density at radius 3 is 2.59 bits per heavy atom. The van der Waals surface area contributed by atoms with E-state index in [9.17, 15) is 4.79 Å². The van der Waals surface area contributed by atoms with E-state index in [-0.39, 0.29) is 5.41 Å². The number of ketones is 1. The van der Waals surface area contributed by atoms with E-state index in [4.69, 9.17) is 0 Å². The lowest BCUT2D eigenvalue weighted by atomic mass is 9.44. The monoisotopic (exact) mass is 302 g/mol. The second-order valence-corrected chi connectivity index (χ2v) is 9.50. The van der Waals surface area contributed by atoms with Gasteiger partial charge in [0.05, 0.1) is 0 Å². The maximum absolute atomic E-state index is 13.2. The van der Waals surface area contributed by atoms with E-state index in [2.05, 4.69) is 20.8 Å². The van der Waals surface area contributed by atoms with Crippen molar-refractivity contribution < 1.29 is 4.79 Å². The summed E-state index contributed by atoms with van der Waals surface area (Å²) >= 11 is 0. The molecule has 0 aromatic heterocycles.